The van der Waals surface area contributed by atoms with Crippen molar-refractivity contribution in [2.45, 2.75) is 57.4 Å². The van der Waals surface area contributed by atoms with Crippen LogP contribution in [0.2, 0.25) is 0 Å². The van der Waals surface area contributed by atoms with Crippen LogP contribution in [0, 0.1) is 6.92 Å². The molecule has 1 saturated carbocycles. The maximum Gasteiger partial charge on any atom is 0.326 e. The summed E-state index contributed by atoms with van der Waals surface area (Å²) < 4.78 is 0. The summed E-state index contributed by atoms with van der Waals surface area (Å²) in [5.41, 5.74) is 6.60. The minimum Gasteiger partial charge on any atom is -0.480 e. The minimum absolute atomic E-state index is 0.170. The van der Waals surface area contributed by atoms with Crippen LogP contribution in [0.1, 0.15) is 65.1 Å². The molecule has 1 aliphatic carbocycles. The number of aliphatic carboxylic acids is 1. The van der Waals surface area contributed by atoms with Crippen LogP contribution >= 0.6 is 0 Å². The highest BCUT2D eigenvalue weighted by atomic mass is 16.4. The predicted octanol–water partition coefficient (Wildman–Crippen LogP) is 6.59. The molecule has 39 heavy (non-hydrogen) atoms. The molecule has 2 N–H and O–H groups in total. The van der Waals surface area contributed by atoms with Gasteiger partial charge in [0.05, 0.1) is 0 Å². The number of carboxylic acids is 1. The smallest absolute Gasteiger partial charge is 0.326 e. The Hall–Kier alpha value is -4.32. The summed E-state index contributed by atoms with van der Waals surface area (Å²) in [4.78, 5) is 33.5. The van der Waals surface area contributed by atoms with Gasteiger partial charge in [-0.05, 0) is 54.5 Å². The Balaban J connectivity index is 1.22. The third-order valence-corrected chi connectivity index (χ3v) is 7.54. The van der Waals surface area contributed by atoms with E-state index in [9.17, 15) is 14.7 Å². The first-order chi connectivity index (χ1) is 19.0. The van der Waals surface area contributed by atoms with Crippen LogP contribution in [0.4, 0.5) is 0 Å². The number of nitrogens with one attached hydrogen (secondary N) is 1. The number of aromatic nitrogens is 2. The van der Waals surface area contributed by atoms with Crippen molar-refractivity contribution in [3.63, 3.8) is 0 Å². The zero-order valence-electron chi connectivity index (χ0n) is 22.1. The number of amides is 1. The fourth-order valence-electron chi connectivity index (χ4n) is 5.18. The van der Waals surface area contributed by atoms with Crippen molar-refractivity contribution in [2.75, 3.05) is 0 Å². The van der Waals surface area contributed by atoms with Crippen LogP contribution in [0.15, 0.2) is 85.2 Å². The number of rotatable bonds is 8. The van der Waals surface area contributed by atoms with Crippen molar-refractivity contribution >= 4 is 11.9 Å². The Morgan fingerprint density at radius 3 is 2.05 bits per heavy atom. The van der Waals surface area contributed by atoms with E-state index in [1.54, 1.807) is 12.1 Å². The molecule has 198 valence electrons. The van der Waals surface area contributed by atoms with Crippen LogP contribution in [0.3, 0.4) is 0 Å². The van der Waals surface area contributed by atoms with Crippen LogP contribution < -0.4 is 5.32 Å². The normalized spacial score (nSPS) is 14.5. The van der Waals surface area contributed by atoms with Crippen LogP contribution in [0.25, 0.3) is 22.5 Å². The van der Waals surface area contributed by atoms with E-state index in [4.69, 9.17) is 0 Å². The van der Waals surface area contributed by atoms with E-state index in [1.807, 2.05) is 55.7 Å². The molecule has 4 aromatic rings. The molecule has 0 saturated heterocycles. The lowest BCUT2D eigenvalue weighted by atomic mass is 9.84. The minimum atomic E-state index is -1.08. The van der Waals surface area contributed by atoms with Gasteiger partial charge in [-0.3, -0.25) is 4.79 Å². The number of aryl methyl sites for hydroxylation is 1. The Morgan fingerprint density at radius 2 is 1.44 bits per heavy atom. The van der Waals surface area contributed by atoms with E-state index in [0.29, 0.717) is 17.3 Å². The molecule has 6 nitrogen and oxygen atoms in total. The molecular formula is C33H33N3O3. The van der Waals surface area contributed by atoms with Crippen LogP contribution in [-0.4, -0.2) is 33.0 Å². The molecule has 1 heterocycles. The van der Waals surface area contributed by atoms with Crippen molar-refractivity contribution in [3.05, 3.63) is 107 Å². The highest BCUT2D eigenvalue weighted by molar-refractivity contribution is 5.96. The Labute approximate surface area is 229 Å². The van der Waals surface area contributed by atoms with Gasteiger partial charge < -0.3 is 10.4 Å². The van der Waals surface area contributed by atoms with Crippen molar-refractivity contribution in [1.29, 1.82) is 0 Å². The molecule has 1 aromatic heterocycles. The molecule has 1 aliphatic rings. The van der Waals surface area contributed by atoms with Gasteiger partial charge in [-0.15, -0.1) is 0 Å². The van der Waals surface area contributed by atoms with Gasteiger partial charge in [0.1, 0.15) is 6.04 Å². The summed E-state index contributed by atoms with van der Waals surface area (Å²) in [6, 6.07) is 22.3. The molecular weight excluding hydrogens is 486 g/mol. The van der Waals surface area contributed by atoms with Crippen molar-refractivity contribution in [1.82, 2.24) is 15.3 Å². The number of hydrogen-bond donors (Lipinski definition) is 2. The Kier molecular flexibility index (Phi) is 8.11. The fourth-order valence-corrected chi connectivity index (χ4v) is 5.18. The monoisotopic (exact) mass is 519 g/mol. The van der Waals surface area contributed by atoms with Gasteiger partial charge in [-0.2, -0.15) is 0 Å². The van der Waals surface area contributed by atoms with Gasteiger partial charge in [-0.1, -0.05) is 85.5 Å². The van der Waals surface area contributed by atoms with E-state index in [0.717, 1.165) is 27.8 Å². The lowest BCUT2D eigenvalue weighted by molar-refractivity contribution is -0.139. The lowest BCUT2D eigenvalue weighted by Gasteiger charge is -2.22. The van der Waals surface area contributed by atoms with E-state index in [2.05, 4.69) is 39.6 Å². The average Bonchev–Trinajstić information content (AvgIpc) is 2.98. The largest absolute Gasteiger partial charge is 0.480 e. The Morgan fingerprint density at radius 1 is 0.821 bits per heavy atom. The molecule has 0 radical (unpaired) electrons. The van der Waals surface area contributed by atoms with Crippen LogP contribution in [0.5, 0.6) is 0 Å². The van der Waals surface area contributed by atoms with Crippen LogP contribution in [-0.2, 0) is 11.2 Å². The third kappa shape index (κ3) is 6.58. The van der Waals surface area contributed by atoms with Gasteiger partial charge in [-0.25, -0.2) is 14.8 Å². The van der Waals surface area contributed by atoms with Gasteiger partial charge >= 0.3 is 5.97 Å². The lowest BCUT2D eigenvalue weighted by Crippen LogP contribution is -2.42. The maximum absolute atomic E-state index is 12.5. The topological polar surface area (TPSA) is 92.2 Å². The number of carboxylic acid groups (broad SMARTS) is 1. The fraction of sp³-hybridized carbons (Fsp3) is 0.273. The Bertz CT molecular complexity index is 1410. The number of hydrogen-bond acceptors (Lipinski definition) is 4. The molecule has 1 amide bonds. The molecule has 0 unspecified atom stereocenters. The number of carbonyl (C=O) groups is 2. The summed E-state index contributed by atoms with van der Waals surface area (Å²) in [5, 5.41) is 12.3. The van der Waals surface area contributed by atoms with E-state index >= 15 is 0 Å². The predicted molar refractivity (Wildman–Crippen MR) is 153 cm³/mol. The standard InChI is InChI=1S/C33H33N3O3/c1-22-7-11-28(12-8-22)32(37)36-30(33(38)39)19-23-9-13-27(14-10-23)31-34-20-29(21-35-31)26-17-15-25(16-18-26)24-5-3-2-4-6-24/h7-18,20-21,24,30H,2-6,19H2,1H3,(H,36,37)(H,38,39)/t30-/m0/s1. The zero-order valence-corrected chi connectivity index (χ0v) is 22.1. The molecule has 6 heteroatoms. The SMILES string of the molecule is Cc1ccc(C(=O)N[C@@H](Cc2ccc(-c3ncc(-c4ccc(C5CCCCC5)cc4)cn3)cc2)C(=O)O)cc1. The first kappa shape index (κ1) is 26.3. The average molecular weight is 520 g/mol. The summed E-state index contributed by atoms with van der Waals surface area (Å²) in [6.45, 7) is 1.93. The molecule has 1 fully saturated rings. The quantitative estimate of drug-likeness (QED) is 0.274. The third-order valence-electron chi connectivity index (χ3n) is 7.54. The number of nitrogens with zero attached hydrogens (tertiary/aromatic N) is 2. The van der Waals surface area contributed by atoms with E-state index in [1.165, 1.54) is 37.7 Å². The molecule has 0 bridgehead atoms. The second-order valence-corrected chi connectivity index (χ2v) is 10.4. The first-order valence-electron chi connectivity index (χ1n) is 13.6. The highest BCUT2D eigenvalue weighted by Gasteiger charge is 2.21. The van der Waals surface area contributed by atoms with Gasteiger partial charge in [0.25, 0.3) is 5.91 Å². The highest BCUT2D eigenvalue weighted by Crippen LogP contribution is 2.33. The summed E-state index contributed by atoms with van der Waals surface area (Å²) in [6.07, 6.45) is 10.4. The summed E-state index contributed by atoms with van der Waals surface area (Å²) in [7, 11) is 0. The first-order valence-corrected chi connectivity index (χ1v) is 13.6. The second kappa shape index (κ2) is 12.0. The molecule has 1 atom stereocenters. The van der Waals surface area contributed by atoms with Gasteiger partial charge in [0.2, 0.25) is 0 Å². The molecule has 3 aromatic carbocycles. The van der Waals surface area contributed by atoms with Crippen molar-refractivity contribution < 1.29 is 14.7 Å². The molecule has 5 rings (SSSR count). The summed E-state index contributed by atoms with van der Waals surface area (Å²) >= 11 is 0. The van der Waals surface area contributed by atoms with Gasteiger partial charge in [0, 0.05) is 35.5 Å². The maximum atomic E-state index is 12.5. The number of carbonyl (C=O) groups excluding carboxylic acids is 1. The summed E-state index contributed by atoms with van der Waals surface area (Å²) in [5.74, 6) is -0.197. The van der Waals surface area contributed by atoms with Gasteiger partial charge in [0.15, 0.2) is 5.82 Å². The van der Waals surface area contributed by atoms with Crippen molar-refractivity contribution in [3.8, 4) is 22.5 Å². The van der Waals surface area contributed by atoms with Crippen molar-refractivity contribution in [2.24, 2.45) is 0 Å². The van der Waals surface area contributed by atoms with E-state index in [-0.39, 0.29) is 6.42 Å². The number of benzene rings is 3. The van der Waals surface area contributed by atoms with E-state index < -0.39 is 17.9 Å². The molecule has 0 aliphatic heterocycles. The molecule has 0 spiro atoms. The second-order valence-electron chi connectivity index (χ2n) is 10.4. The zero-order chi connectivity index (χ0) is 27.2.